The Morgan fingerprint density at radius 2 is 1.63 bits per heavy atom. The summed E-state index contributed by atoms with van der Waals surface area (Å²) in [5, 5.41) is 29.0. The predicted octanol–water partition coefficient (Wildman–Crippen LogP) is 2.20. The average Bonchev–Trinajstić information content (AvgIpc) is 2.83. The zero-order valence-corrected chi connectivity index (χ0v) is 21.7. The third-order valence-corrected chi connectivity index (χ3v) is 7.83. The molecule has 0 bridgehead atoms. The van der Waals surface area contributed by atoms with Crippen LogP contribution >= 0.6 is 34.8 Å². The third-order valence-electron chi connectivity index (χ3n) is 5.09. The van der Waals surface area contributed by atoms with Crippen LogP contribution in [0.5, 0.6) is 11.5 Å². The van der Waals surface area contributed by atoms with Crippen molar-refractivity contribution in [3.8, 4) is 11.5 Å². The van der Waals surface area contributed by atoms with E-state index in [9.17, 15) is 23.7 Å². The fourth-order valence-electron chi connectivity index (χ4n) is 3.23. The Kier molecular flexibility index (Phi) is 9.90. The molecule has 1 aliphatic heterocycles. The first-order valence-corrected chi connectivity index (χ1v) is 13.4. The fraction of sp³-hybridized carbons (Fsp3) is 0.455. The van der Waals surface area contributed by atoms with E-state index in [0.29, 0.717) is 25.5 Å². The van der Waals surface area contributed by atoms with Crippen LogP contribution < -0.4 is 9.47 Å². The first kappa shape index (κ1) is 28.2. The molecule has 1 atom stereocenters. The van der Waals surface area contributed by atoms with E-state index in [1.54, 1.807) is 0 Å². The topological polar surface area (TPSA) is 126 Å². The van der Waals surface area contributed by atoms with Gasteiger partial charge in [-0.1, -0.05) is 23.2 Å². The molecule has 35 heavy (non-hydrogen) atoms. The van der Waals surface area contributed by atoms with Gasteiger partial charge in [0.2, 0.25) is 15.6 Å². The molecule has 2 aromatic rings. The molecule has 13 heteroatoms. The maximum atomic E-state index is 13.1. The maximum absolute atomic E-state index is 13.1. The van der Waals surface area contributed by atoms with E-state index in [0.717, 1.165) is 25.2 Å². The second kappa shape index (κ2) is 12.3. The van der Waals surface area contributed by atoms with Crippen LogP contribution in [0, 0.1) is 0 Å². The zero-order chi connectivity index (χ0) is 25.6. The normalized spacial score (nSPS) is 16.2. The summed E-state index contributed by atoms with van der Waals surface area (Å²) in [5.41, 5.74) is 0. The van der Waals surface area contributed by atoms with Gasteiger partial charge in [0.1, 0.15) is 25.1 Å². The van der Waals surface area contributed by atoms with Crippen LogP contribution in [0.15, 0.2) is 46.2 Å². The summed E-state index contributed by atoms with van der Waals surface area (Å²) >= 11 is 17.7. The highest BCUT2D eigenvalue weighted by Gasteiger charge is 2.26. The Hall–Kier alpha value is -1.34. The molecule has 194 valence electrons. The largest absolute Gasteiger partial charge is 0.491 e. The summed E-state index contributed by atoms with van der Waals surface area (Å²) in [6.07, 6.45) is -0.701. The van der Waals surface area contributed by atoms with Gasteiger partial charge in [0.05, 0.1) is 38.9 Å². The summed E-state index contributed by atoms with van der Waals surface area (Å²) in [6, 6.07) is 8.03. The van der Waals surface area contributed by atoms with Crippen molar-refractivity contribution in [2.45, 2.75) is 21.7 Å². The van der Waals surface area contributed by atoms with Gasteiger partial charge in [-0.25, -0.2) is 8.42 Å². The van der Waals surface area contributed by atoms with Crippen molar-refractivity contribution >= 4 is 44.6 Å². The maximum Gasteiger partial charge on any atom is 0.211 e. The summed E-state index contributed by atoms with van der Waals surface area (Å²) in [5.74, 6) is -2.52. The lowest BCUT2D eigenvalue weighted by Crippen LogP contribution is -2.42. The fourth-order valence-corrected chi connectivity index (χ4v) is 5.35. The molecule has 1 saturated heterocycles. The molecular weight excluding hydrogens is 545 g/mol. The Balaban J connectivity index is 1.65. The molecule has 9 nitrogen and oxygen atoms in total. The highest BCUT2D eigenvalue weighted by atomic mass is 35.5. The lowest BCUT2D eigenvalue weighted by atomic mass is 10.3. The van der Waals surface area contributed by atoms with Crippen molar-refractivity contribution in [1.82, 2.24) is 4.90 Å². The minimum Gasteiger partial charge on any atom is -0.491 e. The Bertz CT molecular complexity index is 1070. The molecule has 0 amide bonds. The van der Waals surface area contributed by atoms with Gasteiger partial charge in [-0.15, -0.1) is 11.6 Å². The summed E-state index contributed by atoms with van der Waals surface area (Å²) in [7, 11) is -3.98. The van der Waals surface area contributed by atoms with Crippen molar-refractivity contribution in [1.29, 1.82) is 0 Å². The number of aliphatic hydroxyl groups is 3. The molecule has 0 aliphatic carbocycles. The molecular formula is C22H26Cl3NO8S. The number of hydrogen-bond donors (Lipinski definition) is 3. The first-order valence-electron chi connectivity index (χ1n) is 10.6. The van der Waals surface area contributed by atoms with E-state index in [1.807, 2.05) is 0 Å². The quantitative estimate of drug-likeness (QED) is 0.275. The van der Waals surface area contributed by atoms with Gasteiger partial charge in [-0.2, -0.15) is 0 Å². The number of β-amino-alcohol motifs (C(OH)–C–C–N with tert-alkyl or cyclic N) is 1. The van der Waals surface area contributed by atoms with Crippen LogP contribution in [0.2, 0.25) is 10.0 Å². The number of rotatable bonds is 11. The van der Waals surface area contributed by atoms with Gasteiger partial charge < -0.3 is 29.5 Å². The number of halogens is 3. The van der Waals surface area contributed by atoms with Gasteiger partial charge in [0.25, 0.3) is 0 Å². The van der Waals surface area contributed by atoms with Crippen LogP contribution in [0.4, 0.5) is 0 Å². The predicted molar refractivity (Wildman–Crippen MR) is 131 cm³/mol. The van der Waals surface area contributed by atoms with Crippen molar-refractivity contribution in [3.05, 3.63) is 46.4 Å². The lowest BCUT2D eigenvalue weighted by Gasteiger charge is -2.28. The van der Waals surface area contributed by atoms with Crippen molar-refractivity contribution in [2.24, 2.45) is 0 Å². The lowest BCUT2D eigenvalue weighted by molar-refractivity contribution is -0.162. The monoisotopic (exact) mass is 569 g/mol. The van der Waals surface area contributed by atoms with Crippen molar-refractivity contribution in [3.63, 3.8) is 0 Å². The van der Waals surface area contributed by atoms with Gasteiger partial charge in [-0.3, -0.25) is 4.90 Å². The molecule has 0 aromatic heterocycles. The summed E-state index contributed by atoms with van der Waals surface area (Å²) < 4.78 is 42.2. The second-order valence-electron chi connectivity index (χ2n) is 7.97. The molecule has 0 radical (unpaired) electrons. The smallest absolute Gasteiger partial charge is 0.211 e. The number of benzene rings is 2. The number of ether oxygens (including phenoxy) is 3. The Morgan fingerprint density at radius 3 is 2.20 bits per heavy atom. The molecule has 1 heterocycles. The summed E-state index contributed by atoms with van der Waals surface area (Å²) in [6.45, 7) is 2.67. The summed E-state index contributed by atoms with van der Waals surface area (Å²) in [4.78, 5) is 1.89. The van der Waals surface area contributed by atoms with Crippen LogP contribution in [0.25, 0.3) is 0 Å². The van der Waals surface area contributed by atoms with E-state index < -0.39 is 34.2 Å². The standard InChI is InChI=1S/C22H26Cl3NO8S/c23-13-22(28,29)14-34-21-19(24)9-18(10-20(21)25)35(30,31)17-3-1-16(2-4-17)33-12-15(27)11-26-5-7-32-8-6-26/h1-4,9-10,15,27-29H,5-8,11-14H2/t15-/m1/s1. The van der Waals surface area contributed by atoms with E-state index in [4.69, 9.17) is 49.0 Å². The number of nitrogens with zero attached hydrogens (tertiary/aromatic N) is 1. The SMILES string of the molecule is O=S(=O)(c1ccc(OC[C@H](O)CN2CCOCC2)cc1)c1cc(Cl)c(OCC(O)(O)CCl)c(Cl)c1. The van der Waals surface area contributed by atoms with E-state index in [1.165, 1.54) is 24.3 Å². The molecule has 3 N–H and O–H groups in total. The highest BCUT2D eigenvalue weighted by Crippen LogP contribution is 2.37. The van der Waals surface area contributed by atoms with E-state index >= 15 is 0 Å². The van der Waals surface area contributed by atoms with Crippen LogP contribution in [-0.4, -0.2) is 92.5 Å². The second-order valence-corrected chi connectivity index (χ2v) is 11.0. The molecule has 1 fully saturated rings. The number of aliphatic hydroxyl groups excluding tert-OH is 1. The first-order chi connectivity index (χ1) is 16.5. The van der Waals surface area contributed by atoms with E-state index in [2.05, 4.69) is 4.90 Å². The Morgan fingerprint density at radius 1 is 1.03 bits per heavy atom. The van der Waals surface area contributed by atoms with Gasteiger partial charge in [-0.05, 0) is 36.4 Å². The van der Waals surface area contributed by atoms with Crippen LogP contribution in [-0.2, 0) is 14.6 Å². The molecule has 1 aliphatic rings. The number of sulfone groups is 1. The molecule has 0 saturated carbocycles. The van der Waals surface area contributed by atoms with Crippen LogP contribution in [0.1, 0.15) is 0 Å². The third kappa shape index (κ3) is 7.82. The number of morpholine rings is 1. The average molecular weight is 571 g/mol. The molecule has 0 spiro atoms. The highest BCUT2D eigenvalue weighted by molar-refractivity contribution is 7.91. The molecule has 0 unspecified atom stereocenters. The molecule has 2 aromatic carbocycles. The minimum atomic E-state index is -3.98. The van der Waals surface area contributed by atoms with Gasteiger partial charge >= 0.3 is 0 Å². The van der Waals surface area contributed by atoms with Gasteiger partial charge in [0, 0.05) is 19.6 Å². The number of hydrogen-bond acceptors (Lipinski definition) is 9. The Labute approximate surface area is 218 Å². The van der Waals surface area contributed by atoms with Crippen molar-refractivity contribution in [2.75, 3.05) is 51.9 Å². The minimum absolute atomic E-state index is 0.0219. The number of alkyl halides is 1. The van der Waals surface area contributed by atoms with E-state index in [-0.39, 0.29) is 32.2 Å². The molecule has 3 rings (SSSR count). The van der Waals surface area contributed by atoms with Crippen molar-refractivity contribution < 1.29 is 37.9 Å². The zero-order valence-electron chi connectivity index (χ0n) is 18.6. The van der Waals surface area contributed by atoms with Gasteiger partial charge in [0.15, 0.2) is 5.75 Å². The van der Waals surface area contributed by atoms with Crippen LogP contribution in [0.3, 0.4) is 0 Å².